The number of sulfonamides is 1. The van der Waals surface area contributed by atoms with Gasteiger partial charge in [-0.3, -0.25) is 4.79 Å². The van der Waals surface area contributed by atoms with Crippen molar-refractivity contribution in [2.45, 2.75) is 18.4 Å². The standard InChI is InChI=1S/C13H13ClN2O4S/c1-9(17)16-10-2-5-12(6-3-10)21(18,19)15-8-11-4-7-13(14)20-11/h2-7,15H,8H2,1H3,(H,16,17). The minimum Gasteiger partial charge on any atom is -0.448 e. The van der Waals surface area contributed by atoms with E-state index in [0.29, 0.717) is 11.4 Å². The molecule has 112 valence electrons. The average molecular weight is 329 g/mol. The summed E-state index contributed by atoms with van der Waals surface area (Å²) in [6.07, 6.45) is 0. The van der Waals surface area contributed by atoms with Crippen molar-refractivity contribution in [3.05, 3.63) is 47.4 Å². The predicted molar refractivity (Wildman–Crippen MR) is 78.5 cm³/mol. The second kappa shape index (κ2) is 6.30. The average Bonchev–Trinajstić information content (AvgIpc) is 2.82. The molecule has 0 saturated heterocycles. The summed E-state index contributed by atoms with van der Waals surface area (Å²) in [4.78, 5) is 11.0. The molecule has 0 fully saturated rings. The topological polar surface area (TPSA) is 88.4 Å². The molecule has 0 unspecified atom stereocenters. The summed E-state index contributed by atoms with van der Waals surface area (Å²) in [6.45, 7) is 1.38. The first-order chi connectivity index (χ1) is 9.87. The quantitative estimate of drug-likeness (QED) is 0.882. The fourth-order valence-corrected chi connectivity index (χ4v) is 2.77. The van der Waals surface area contributed by atoms with Crippen LogP contribution >= 0.6 is 11.6 Å². The SMILES string of the molecule is CC(=O)Nc1ccc(S(=O)(=O)NCc2ccc(Cl)o2)cc1. The molecular weight excluding hydrogens is 316 g/mol. The van der Waals surface area contributed by atoms with Crippen LogP contribution < -0.4 is 10.0 Å². The normalized spacial score (nSPS) is 11.3. The molecule has 0 bridgehead atoms. The van der Waals surface area contributed by atoms with E-state index in [1.165, 1.54) is 37.3 Å². The van der Waals surface area contributed by atoms with E-state index in [1.54, 1.807) is 6.07 Å². The Hall–Kier alpha value is -1.83. The van der Waals surface area contributed by atoms with Crippen LogP contribution in [-0.2, 0) is 21.4 Å². The Morgan fingerprint density at radius 1 is 1.19 bits per heavy atom. The molecule has 1 aromatic carbocycles. The Morgan fingerprint density at radius 2 is 1.86 bits per heavy atom. The van der Waals surface area contributed by atoms with Gasteiger partial charge >= 0.3 is 0 Å². The van der Waals surface area contributed by atoms with Crippen molar-refractivity contribution in [1.82, 2.24) is 4.72 Å². The number of carbonyl (C=O) groups excluding carboxylic acids is 1. The maximum absolute atomic E-state index is 12.1. The Morgan fingerprint density at radius 3 is 2.38 bits per heavy atom. The lowest BCUT2D eigenvalue weighted by Gasteiger charge is -2.07. The van der Waals surface area contributed by atoms with Crippen molar-refractivity contribution >= 4 is 33.2 Å². The summed E-state index contributed by atoms with van der Waals surface area (Å²) >= 11 is 5.61. The number of hydrogen-bond acceptors (Lipinski definition) is 4. The molecule has 0 radical (unpaired) electrons. The fourth-order valence-electron chi connectivity index (χ4n) is 1.62. The Bertz CT molecular complexity index is 738. The Kier molecular flexibility index (Phi) is 4.66. The van der Waals surface area contributed by atoms with Gasteiger partial charge in [-0.1, -0.05) is 0 Å². The molecule has 1 aromatic heterocycles. The molecule has 1 amide bonds. The van der Waals surface area contributed by atoms with E-state index in [1.807, 2.05) is 0 Å². The van der Waals surface area contributed by atoms with Crippen LogP contribution in [0.1, 0.15) is 12.7 Å². The highest BCUT2D eigenvalue weighted by molar-refractivity contribution is 7.89. The zero-order valence-electron chi connectivity index (χ0n) is 11.1. The van der Waals surface area contributed by atoms with Gasteiger partial charge in [-0.25, -0.2) is 13.1 Å². The highest BCUT2D eigenvalue weighted by atomic mass is 35.5. The fraction of sp³-hybridized carbons (Fsp3) is 0.154. The van der Waals surface area contributed by atoms with Crippen LogP contribution in [0.2, 0.25) is 5.22 Å². The van der Waals surface area contributed by atoms with Crippen LogP contribution in [0, 0.1) is 0 Å². The van der Waals surface area contributed by atoms with Gasteiger partial charge in [0.2, 0.25) is 15.9 Å². The van der Waals surface area contributed by atoms with Gasteiger partial charge in [0.25, 0.3) is 0 Å². The summed E-state index contributed by atoms with van der Waals surface area (Å²) < 4.78 is 31.6. The lowest BCUT2D eigenvalue weighted by Crippen LogP contribution is -2.23. The van der Waals surface area contributed by atoms with Gasteiger partial charge in [0.1, 0.15) is 5.76 Å². The summed E-state index contributed by atoms with van der Waals surface area (Å²) in [7, 11) is -3.66. The molecule has 0 aliphatic carbocycles. The molecule has 8 heteroatoms. The smallest absolute Gasteiger partial charge is 0.240 e. The van der Waals surface area contributed by atoms with E-state index in [4.69, 9.17) is 16.0 Å². The Balaban J connectivity index is 2.06. The molecular formula is C13H13ClN2O4S. The first kappa shape index (κ1) is 15.6. The van der Waals surface area contributed by atoms with Crippen molar-refractivity contribution < 1.29 is 17.6 Å². The first-order valence-corrected chi connectivity index (χ1v) is 7.84. The van der Waals surface area contributed by atoms with Crippen molar-refractivity contribution in [1.29, 1.82) is 0 Å². The van der Waals surface area contributed by atoms with Gasteiger partial charge in [0, 0.05) is 12.6 Å². The third-order valence-corrected chi connectivity index (χ3v) is 4.17. The van der Waals surface area contributed by atoms with Gasteiger partial charge in [0.15, 0.2) is 5.22 Å². The minimum atomic E-state index is -3.66. The number of furan rings is 1. The molecule has 2 aromatic rings. The van der Waals surface area contributed by atoms with Crippen LogP contribution in [0.4, 0.5) is 5.69 Å². The van der Waals surface area contributed by atoms with Crippen LogP contribution in [0.3, 0.4) is 0 Å². The molecule has 0 aliphatic heterocycles. The number of nitrogens with one attached hydrogen (secondary N) is 2. The number of amides is 1. The van der Waals surface area contributed by atoms with Crippen molar-refractivity contribution in [3.8, 4) is 0 Å². The highest BCUT2D eigenvalue weighted by Crippen LogP contribution is 2.16. The molecule has 21 heavy (non-hydrogen) atoms. The predicted octanol–water partition coefficient (Wildman–Crippen LogP) is 2.37. The molecule has 6 nitrogen and oxygen atoms in total. The van der Waals surface area contributed by atoms with Crippen LogP contribution in [0.5, 0.6) is 0 Å². The van der Waals surface area contributed by atoms with E-state index in [9.17, 15) is 13.2 Å². The second-order valence-corrected chi connectivity index (χ2v) is 6.38. The molecule has 0 atom stereocenters. The number of benzene rings is 1. The van der Waals surface area contributed by atoms with E-state index in [-0.39, 0.29) is 22.6 Å². The van der Waals surface area contributed by atoms with Crippen molar-refractivity contribution in [3.63, 3.8) is 0 Å². The number of halogens is 1. The minimum absolute atomic E-state index is 0.00248. The number of anilines is 1. The van der Waals surface area contributed by atoms with E-state index >= 15 is 0 Å². The summed E-state index contributed by atoms with van der Waals surface area (Å²) in [5.74, 6) is 0.192. The summed E-state index contributed by atoms with van der Waals surface area (Å²) in [5, 5.41) is 2.76. The maximum atomic E-state index is 12.1. The molecule has 1 heterocycles. The van der Waals surface area contributed by atoms with E-state index in [0.717, 1.165) is 0 Å². The third kappa shape index (κ3) is 4.32. The van der Waals surface area contributed by atoms with Gasteiger partial charge in [0.05, 0.1) is 11.4 Å². The number of hydrogen-bond donors (Lipinski definition) is 2. The molecule has 0 spiro atoms. The zero-order chi connectivity index (χ0) is 15.5. The van der Waals surface area contributed by atoms with Crippen LogP contribution in [-0.4, -0.2) is 14.3 Å². The van der Waals surface area contributed by atoms with Gasteiger partial charge in [-0.15, -0.1) is 0 Å². The largest absolute Gasteiger partial charge is 0.448 e. The monoisotopic (exact) mass is 328 g/mol. The van der Waals surface area contributed by atoms with Gasteiger partial charge in [-0.2, -0.15) is 0 Å². The summed E-state index contributed by atoms with van der Waals surface area (Å²) in [6, 6.07) is 8.96. The van der Waals surface area contributed by atoms with E-state index < -0.39 is 10.0 Å². The molecule has 2 N–H and O–H groups in total. The molecule has 0 aliphatic rings. The van der Waals surface area contributed by atoms with Crippen LogP contribution in [0.25, 0.3) is 0 Å². The Labute approximate surface area is 127 Å². The van der Waals surface area contributed by atoms with Gasteiger partial charge in [-0.05, 0) is 48.0 Å². The zero-order valence-corrected chi connectivity index (χ0v) is 12.7. The van der Waals surface area contributed by atoms with Crippen LogP contribution in [0.15, 0.2) is 45.7 Å². The third-order valence-electron chi connectivity index (χ3n) is 2.55. The van der Waals surface area contributed by atoms with Crippen molar-refractivity contribution in [2.24, 2.45) is 0 Å². The first-order valence-electron chi connectivity index (χ1n) is 5.98. The number of rotatable bonds is 5. The van der Waals surface area contributed by atoms with Gasteiger partial charge < -0.3 is 9.73 Å². The number of carbonyl (C=O) groups is 1. The molecule has 2 rings (SSSR count). The summed E-state index contributed by atoms with van der Waals surface area (Å²) in [5.41, 5.74) is 0.527. The van der Waals surface area contributed by atoms with E-state index in [2.05, 4.69) is 10.0 Å². The highest BCUT2D eigenvalue weighted by Gasteiger charge is 2.14. The lowest BCUT2D eigenvalue weighted by molar-refractivity contribution is -0.114. The maximum Gasteiger partial charge on any atom is 0.240 e. The van der Waals surface area contributed by atoms with Crippen molar-refractivity contribution in [2.75, 3.05) is 5.32 Å². The second-order valence-electron chi connectivity index (χ2n) is 4.24. The molecule has 0 saturated carbocycles. The lowest BCUT2D eigenvalue weighted by atomic mass is 10.3.